The Morgan fingerprint density at radius 3 is 2.64 bits per heavy atom. The molecule has 5 nitrogen and oxygen atoms in total. The highest BCUT2D eigenvalue weighted by atomic mass is 32.2. The highest BCUT2D eigenvalue weighted by molar-refractivity contribution is 8.01. The van der Waals surface area contributed by atoms with Crippen molar-refractivity contribution in [2.45, 2.75) is 36.1 Å². The van der Waals surface area contributed by atoms with E-state index in [1.54, 1.807) is 0 Å². The van der Waals surface area contributed by atoms with Crippen molar-refractivity contribution in [1.29, 1.82) is 0 Å². The van der Waals surface area contributed by atoms with E-state index in [-0.39, 0.29) is 5.37 Å². The molecule has 0 aromatic carbocycles. The maximum atomic E-state index is 10.9. The molecule has 1 aliphatic heterocycles. The molecule has 0 aromatic heterocycles. The maximum Gasteiger partial charge on any atom is 0.322 e. The SMILES string of the molecule is CC1(C)S[C@H]([C@H](N)C=O)N[C@H]1C(=O)O. The van der Waals surface area contributed by atoms with Crippen LogP contribution in [-0.4, -0.2) is 39.6 Å². The van der Waals surface area contributed by atoms with Crippen LogP contribution in [0.15, 0.2) is 0 Å². The number of aliphatic carboxylic acids is 1. The number of nitrogens with one attached hydrogen (secondary N) is 1. The summed E-state index contributed by atoms with van der Waals surface area (Å²) in [5.41, 5.74) is 5.52. The molecule has 0 radical (unpaired) electrons. The second kappa shape index (κ2) is 3.88. The fraction of sp³-hybridized carbons (Fsp3) is 0.750. The van der Waals surface area contributed by atoms with E-state index in [0.29, 0.717) is 6.29 Å². The van der Waals surface area contributed by atoms with Gasteiger partial charge in [0.2, 0.25) is 0 Å². The van der Waals surface area contributed by atoms with Crippen molar-refractivity contribution < 1.29 is 14.7 Å². The van der Waals surface area contributed by atoms with Crippen molar-refractivity contribution in [2.24, 2.45) is 5.73 Å². The van der Waals surface area contributed by atoms with E-state index in [4.69, 9.17) is 10.8 Å². The zero-order valence-electron chi connectivity index (χ0n) is 8.06. The van der Waals surface area contributed by atoms with Gasteiger partial charge in [-0.3, -0.25) is 10.1 Å². The molecular weight excluding hydrogens is 204 g/mol. The van der Waals surface area contributed by atoms with Gasteiger partial charge in [-0.25, -0.2) is 0 Å². The van der Waals surface area contributed by atoms with Gasteiger partial charge in [-0.15, -0.1) is 11.8 Å². The van der Waals surface area contributed by atoms with Gasteiger partial charge in [0.15, 0.2) is 0 Å². The Bertz CT molecular complexity index is 257. The summed E-state index contributed by atoms with van der Waals surface area (Å²) in [6.45, 7) is 3.64. The minimum atomic E-state index is -0.914. The Kier molecular flexibility index (Phi) is 3.18. The highest BCUT2D eigenvalue weighted by Gasteiger charge is 2.46. The number of carbonyl (C=O) groups excluding carboxylic acids is 1. The van der Waals surface area contributed by atoms with E-state index in [0.717, 1.165) is 0 Å². The molecule has 1 heterocycles. The number of hydrogen-bond acceptors (Lipinski definition) is 5. The summed E-state index contributed by atoms with van der Waals surface area (Å²) in [5, 5.41) is 11.4. The van der Waals surface area contributed by atoms with Crippen molar-refractivity contribution in [3.63, 3.8) is 0 Å². The number of nitrogens with two attached hydrogens (primary N) is 1. The first kappa shape index (κ1) is 11.5. The average Bonchev–Trinajstić information content (AvgIpc) is 2.40. The topological polar surface area (TPSA) is 92.4 Å². The van der Waals surface area contributed by atoms with Crippen LogP contribution < -0.4 is 11.1 Å². The van der Waals surface area contributed by atoms with Crippen LogP contribution >= 0.6 is 11.8 Å². The Labute approximate surface area is 86.4 Å². The standard InChI is InChI=1S/C8H14N2O3S/c1-8(2)5(7(12)13)10-6(14-8)4(9)3-11/h3-6,10H,9H2,1-2H3,(H,12,13)/t4-,5+,6-/m1/s1. The third kappa shape index (κ3) is 2.08. The maximum absolute atomic E-state index is 10.9. The molecule has 1 aliphatic rings. The molecule has 6 heteroatoms. The molecule has 3 atom stereocenters. The lowest BCUT2D eigenvalue weighted by molar-refractivity contribution is -0.140. The number of carbonyl (C=O) groups is 2. The van der Waals surface area contributed by atoms with Crippen LogP contribution in [0.5, 0.6) is 0 Å². The minimum Gasteiger partial charge on any atom is -0.480 e. The summed E-state index contributed by atoms with van der Waals surface area (Å²) < 4.78 is -0.447. The summed E-state index contributed by atoms with van der Waals surface area (Å²) in [5.74, 6) is -0.914. The molecule has 0 bridgehead atoms. The molecule has 0 saturated carbocycles. The van der Waals surface area contributed by atoms with Gasteiger partial charge >= 0.3 is 5.97 Å². The zero-order chi connectivity index (χ0) is 10.9. The van der Waals surface area contributed by atoms with Gasteiger partial charge in [0.25, 0.3) is 0 Å². The predicted octanol–water partition coefficient (Wildman–Crippen LogP) is -0.593. The summed E-state index contributed by atoms with van der Waals surface area (Å²) >= 11 is 1.39. The number of aldehydes is 1. The molecule has 0 amide bonds. The Balaban J connectivity index is 2.76. The molecule has 1 rings (SSSR count). The second-order valence-electron chi connectivity index (χ2n) is 3.79. The smallest absolute Gasteiger partial charge is 0.322 e. The zero-order valence-corrected chi connectivity index (χ0v) is 8.88. The quantitative estimate of drug-likeness (QED) is 0.548. The monoisotopic (exact) mass is 218 g/mol. The summed E-state index contributed by atoms with van der Waals surface area (Å²) in [4.78, 5) is 21.3. The predicted molar refractivity (Wildman–Crippen MR) is 54.1 cm³/mol. The lowest BCUT2D eigenvalue weighted by Crippen LogP contribution is -2.48. The van der Waals surface area contributed by atoms with Gasteiger partial charge in [0.05, 0.1) is 11.4 Å². The van der Waals surface area contributed by atoms with E-state index in [1.807, 2.05) is 13.8 Å². The van der Waals surface area contributed by atoms with Crippen LogP contribution in [0.4, 0.5) is 0 Å². The second-order valence-corrected chi connectivity index (χ2v) is 5.59. The molecule has 0 unspecified atom stereocenters. The first-order chi connectivity index (χ1) is 6.38. The molecule has 1 fully saturated rings. The van der Waals surface area contributed by atoms with Gasteiger partial charge in [0.1, 0.15) is 12.3 Å². The molecular formula is C8H14N2O3S. The summed E-state index contributed by atoms with van der Waals surface area (Å²) in [6, 6.07) is -1.33. The van der Waals surface area contributed by atoms with Crippen molar-refractivity contribution in [2.75, 3.05) is 0 Å². The normalized spacial score (nSPS) is 32.5. The first-order valence-corrected chi connectivity index (χ1v) is 5.14. The molecule has 0 aromatic rings. The van der Waals surface area contributed by atoms with Crippen molar-refractivity contribution in [1.82, 2.24) is 5.32 Å². The Morgan fingerprint density at radius 2 is 2.29 bits per heavy atom. The van der Waals surface area contributed by atoms with E-state index in [1.165, 1.54) is 11.8 Å². The number of carboxylic acids is 1. The van der Waals surface area contributed by atoms with Crippen LogP contribution in [0.2, 0.25) is 0 Å². The Hall–Kier alpha value is -0.590. The van der Waals surface area contributed by atoms with E-state index in [9.17, 15) is 9.59 Å². The van der Waals surface area contributed by atoms with E-state index >= 15 is 0 Å². The molecule has 1 saturated heterocycles. The van der Waals surface area contributed by atoms with Crippen LogP contribution in [0.25, 0.3) is 0 Å². The Morgan fingerprint density at radius 1 is 1.71 bits per heavy atom. The highest BCUT2D eigenvalue weighted by Crippen LogP contribution is 2.38. The van der Waals surface area contributed by atoms with Gasteiger partial charge in [-0.2, -0.15) is 0 Å². The van der Waals surface area contributed by atoms with E-state index in [2.05, 4.69) is 5.32 Å². The number of hydrogen-bond donors (Lipinski definition) is 3. The number of rotatable bonds is 3. The summed E-state index contributed by atoms with van der Waals surface area (Å²) in [6.07, 6.45) is 0.630. The van der Waals surface area contributed by atoms with Crippen LogP contribution in [0, 0.1) is 0 Å². The number of thioether (sulfide) groups is 1. The number of carboxylic acid groups (broad SMARTS) is 1. The lowest BCUT2D eigenvalue weighted by atomic mass is 10.0. The first-order valence-electron chi connectivity index (χ1n) is 4.26. The van der Waals surface area contributed by atoms with Crippen LogP contribution in [0.3, 0.4) is 0 Å². The van der Waals surface area contributed by atoms with Crippen molar-refractivity contribution >= 4 is 24.0 Å². The average molecular weight is 218 g/mol. The molecule has 0 spiro atoms. The van der Waals surface area contributed by atoms with E-state index < -0.39 is 22.8 Å². The summed E-state index contributed by atoms with van der Waals surface area (Å²) in [7, 11) is 0. The lowest BCUT2D eigenvalue weighted by Gasteiger charge is -2.20. The van der Waals surface area contributed by atoms with Crippen LogP contribution in [0.1, 0.15) is 13.8 Å². The fourth-order valence-corrected chi connectivity index (χ4v) is 2.81. The van der Waals surface area contributed by atoms with Crippen molar-refractivity contribution in [3.05, 3.63) is 0 Å². The molecule has 14 heavy (non-hydrogen) atoms. The van der Waals surface area contributed by atoms with Crippen molar-refractivity contribution in [3.8, 4) is 0 Å². The third-order valence-corrected chi connectivity index (χ3v) is 3.76. The van der Waals surface area contributed by atoms with Crippen LogP contribution in [-0.2, 0) is 9.59 Å². The molecule has 4 N–H and O–H groups in total. The van der Waals surface area contributed by atoms with Gasteiger partial charge < -0.3 is 15.6 Å². The third-order valence-electron chi connectivity index (χ3n) is 2.21. The van der Waals surface area contributed by atoms with Gasteiger partial charge in [-0.05, 0) is 13.8 Å². The molecule has 80 valence electrons. The van der Waals surface area contributed by atoms with Gasteiger partial charge in [-0.1, -0.05) is 0 Å². The van der Waals surface area contributed by atoms with Gasteiger partial charge in [0, 0.05) is 4.75 Å². The minimum absolute atomic E-state index is 0.316. The molecule has 0 aliphatic carbocycles. The fourth-order valence-electron chi connectivity index (χ4n) is 1.42. The largest absolute Gasteiger partial charge is 0.480 e.